The molecule has 110 valence electrons. The number of rotatable bonds is 1. The van der Waals surface area contributed by atoms with Crippen molar-refractivity contribution in [2.75, 3.05) is 0 Å². The fourth-order valence-electron chi connectivity index (χ4n) is 2.90. The van der Waals surface area contributed by atoms with Crippen LogP contribution in [-0.4, -0.2) is 4.57 Å². The highest BCUT2D eigenvalue weighted by atomic mass is 19.4. The molecule has 0 atom stereocenters. The third-order valence-corrected chi connectivity index (χ3v) is 3.80. The number of hydrogen-bond acceptors (Lipinski definition) is 0. The number of aryl methyl sites for hydroxylation is 1. The van der Waals surface area contributed by atoms with Gasteiger partial charge in [0.05, 0.1) is 5.56 Å². The van der Waals surface area contributed by atoms with Gasteiger partial charge in [-0.3, -0.25) is 0 Å². The third-order valence-electron chi connectivity index (χ3n) is 3.80. The number of fused-ring (bicyclic) bond motifs is 3. The Morgan fingerprint density at radius 2 is 1.62 bits per heavy atom. The first kappa shape index (κ1) is 14.0. The molecular formula is C17H16F3N. The van der Waals surface area contributed by atoms with E-state index in [-0.39, 0.29) is 6.04 Å². The Bertz CT molecular complexity index is 825. The maximum Gasteiger partial charge on any atom is 0.416 e. The van der Waals surface area contributed by atoms with Crippen molar-refractivity contribution in [3.05, 3.63) is 47.5 Å². The summed E-state index contributed by atoms with van der Waals surface area (Å²) in [6.07, 6.45) is -4.32. The summed E-state index contributed by atoms with van der Waals surface area (Å²) in [7, 11) is 0. The van der Waals surface area contributed by atoms with Crippen molar-refractivity contribution in [1.82, 2.24) is 4.57 Å². The number of halogens is 3. The lowest BCUT2D eigenvalue weighted by atomic mass is 10.1. The number of alkyl halides is 3. The minimum Gasteiger partial charge on any atom is -0.338 e. The van der Waals surface area contributed by atoms with Gasteiger partial charge in [0.1, 0.15) is 0 Å². The second-order valence-corrected chi connectivity index (χ2v) is 5.71. The molecule has 0 aliphatic heterocycles. The highest BCUT2D eigenvalue weighted by molar-refractivity contribution is 6.08. The highest BCUT2D eigenvalue weighted by Gasteiger charge is 2.31. The Kier molecular flexibility index (Phi) is 3.01. The molecule has 0 spiro atoms. The van der Waals surface area contributed by atoms with Crippen LogP contribution in [-0.2, 0) is 6.18 Å². The Labute approximate surface area is 121 Å². The van der Waals surface area contributed by atoms with Crippen molar-refractivity contribution in [1.29, 1.82) is 0 Å². The normalized spacial score (nSPS) is 12.7. The molecule has 2 aromatic carbocycles. The summed E-state index contributed by atoms with van der Waals surface area (Å²) in [5, 5.41) is 1.88. The average molecular weight is 291 g/mol. The van der Waals surface area contributed by atoms with Gasteiger partial charge in [0.15, 0.2) is 0 Å². The number of hydrogen-bond donors (Lipinski definition) is 0. The molecule has 0 unspecified atom stereocenters. The van der Waals surface area contributed by atoms with Gasteiger partial charge in [-0.05, 0) is 45.0 Å². The van der Waals surface area contributed by atoms with Gasteiger partial charge < -0.3 is 4.57 Å². The largest absolute Gasteiger partial charge is 0.416 e. The first-order valence-corrected chi connectivity index (χ1v) is 6.90. The number of benzene rings is 2. The van der Waals surface area contributed by atoms with Crippen molar-refractivity contribution >= 4 is 21.8 Å². The summed E-state index contributed by atoms with van der Waals surface area (Å²) in [5.41, 5.74) is 2.12. The highest BCUT2D eigenvalue weighted by Crippen LogP contribution is 2.37. The molecular weight excluding hydrogens is 275 g/mol. The van der Waals surface area contributed by atoms with Gasteiger partial charge in [-0.25, -0.2) is 0 Å². The topological polar surface area (TPSA) is 4.93 Å². The SMILES string of the molecule is Cc1ccc2c(c1)c1ccc(C(F)(F)F)cc1n2C(C)C. The molecule has 1 aromatic heterocycles. The first-order valence-electron chi connectivity index (χ1n) is 6.90. The van der Waals surface area contributed by atoms with Gasteiger partial charge in [0.2, 0.25) is 0 Å². The third kappa shape index (κ3) is 2.19. The van der Waals surface area contributed by atoms with E-state index < -0.39 is 11.7 Å². The van der Waals surface area contributed by atoms with Crippen LogP contribution in [0.2, 0.25) is 0 Å². The molecule has 0 aliphatic carbocycles. The predicted molar refractivity (Wildman–Crippen MR) is 79.6 cm³/mol. The van der Waals surface area contributed by atoms with Crippen LogP contribution in [0, 0.1) is 6.92 Å². The molecule has 1 nitrogen and oxygen atoms in total. The molecule has 1 heterocycles. The van der Waals surface area contributed by atoms with Gasteiger partial charge >= 0.3 is 6.18 Å². The van der Waals surface area contributed by atoms with E-state index in [1.54, 1.807) is 6.07 Å². The molecule has 0 N–H and O–H groups in total. The Morgan fingerprint density at radius 1 is 0.905 bits per heavy atom. The maximum atomic E-state index is 13.0. The van der Waals surface area contributed by atoms with Gasteiger partial charge in [-0.15, -0.1) is 0 Å². The summed E-state index contributed by atoms with van der Waals surface area (Å²) >= 11 is 0. The molecule has 3 rings (SSSR count). The fourth-order valence-corrected chi connectivity index (χ4v) is 2.90. The van der Waals surface area contributed by atoms with Crippen molar-refractivity contribution in [3.8, 4) is 0 Å². The summed E-state index contributed by atoms with van der Waals surface area (Å²) in [6.45, 7) is 5.96. The number of nitrogens with zero attached hydrogens (tertiary/aromatic N) is 1. The molecule has 0 saturated carbocycles. The second-order valence-electron chi connectivity index (χ2n) is 5.71. The van der Waals surface area contributed by atoms with Crippen LogP contribution in [0.5, 0.6) is 0 Å². The molecule has 0 saturated heterocycles. The minimum atomic E-state index is -4.32. The van der Waals surface area contributed by atoms with Crippen LogP contribution in [0.1, 0.15) is 31.0 Å². The fraction of sp³-hybridized carbons (Fsp3) is 0.294. The molecule has 3 aromatic rings. The zero-order valence-electron chi connectivity index (χ0n) is 12.1. The monoisotopic (exact) mass is 291 g/mol. The summed E-state index contributed by atoms with van der Waals surface area (Å²) in [5.74, 6) is 0. The Morgan fingerprint density at radius 3 is 2.24 bits per heavy atom. The molecule has 0 aliphatic rings. The predicted octanol–water partition coefficient (Wildman–Crippen LogP) is 5.70. The van der Waals surface area contributed by atoms with Crippen molar-refractivity contribution in [2.45, 2.75) is 33.0 Å². The van der Waals surface area contributed by atoms with E-state index in [2.05, 4.69) is 0 Å². The van der Waals surface area contributed by atoms with E-state index in [1.165, 1.54) is 6.07 Å². The van der Waals surface area contributed by atoms with Gasteiger partial charge in [0, 0.05) is 27.8 Å². The lowest BCUT2D eigenvalue weighted by Gasteiger charge is -2.13. The quantitative estimate of drug-likeness (QED) is 0.541. The van der Waals surface area contributed by atoms with E-state index in [0.717, 1.165) is 27.9 Å². The standard InChI is InChI=1S/C17H16F3N/c1-10(2)21-15-7-4-11(3)8-14(15)13-6-5-12(9-16(13)21)17(18,19)20/h4-10H,1-3H3. The lowest BCUT2D eigenvalue weighted by Crippen LogP contribution is -2.06. The lowest BCUT2D eigenvalue weighted by molar-refractivity contribution is -0.137. The van der Waals surface area contributed by atoms with E-state index >= 15 is 0 Å². The summed E-state index contributed by atoms with van der Waals surface area (Å²) in [6, 6.07) is 10.1. The molecule has 4 heteroatoms. The van der Waals surface area contributed by atoms with E-state index in [4.69, 9.17) is 0 Å². The van der Waals surface area contributed by atoms with Crippen LogP contribution in [0.15, 0.2) is 36.4 Å². The van der Waals surface area contributed by atoms with Crippen molar-refractivity contribution in [3.63, 3.8) is 0 Å². The Balaban J connectivity index is 2.45. The van der Waals surface area contributed by atoms with E-state index in [0.29, 0.717) is 5.52 Å². The number of aromatic nitrogens is 1. The molecule has 21 heavy (non-hydrogen) atoms. The molecule has 0 bridgehead atoms. The summed E-state index contributed by atoms with van der Waals surface area (Å²) < 4.78 is 40.8. The molecule has 0 amide bonds. The van der Waals surface area contributed by atoms with Crippen molar-refractivity contribution in [2.24, 2.45) is 0 Å². The van der Waals surface area contributed by atoms with Crippen LogP contribution < -0.4 is 0 Å². The zero-order chi connectivity index (χ0) is 15.4. The summed E-state index contributed by atoms with van der Waals surface area (Å²) in [4.78, 5) is 0. The van der Waals surface area contributed by atoms with E-state index in [1.807, 2.05) is 43.5 Å². The van der Waals surface area contributed by atoms with Crippen LogP contribution >= 0.6 is 0 Å². The van der Waals surface area contributed by atoms with Crippen molar-refractivity contribution < 1.29 is 13.2 Å². The van der Waals surface area contributed by atoms with Gasteiger partial charge in [-0.2, -0.15) is 13.2 Å². The maximum absolute atomic E-state index is 13.0. The second kappa shape index (κ2) is 4.52. The van der Waals surface area contributed by atoms with Gasteiger partial charge in [-0.1, -0.05) is 17.7 Å². The molecule has 0 fully saturated rings. The van der Waals surface area contributed by atoms with Gasteiger partial charge in [0.25, 0.3) is 0 Å². The molecule has 0 radical (unpaired) electrons. The first-order chi connectivity index (χ1) is 9.79. The minimum absolute atomic E-state index is 0.0937. The Hall–Kier alpha value is -1.97. The zero-order valence-corrected chi connectivity index (χ0v) is 12.1. The smallest absolute Gasteiger partial charge is 0.338 e. The van der Waals surface area contributed by atoms with Crippen LogP contribution in [0.25, 0.3) is 21.8 Å². The van der Waals surface area contributed by atoms with Crippen LogP contribution in [0.4, 0.5) is 13.2 Å². The van der Waals surface area contributed by atoms with E-state index in [9.17, 15) is 13.2 Å². The van der Waals surface area contributed by atoms with Crippen LogP contribution in [0.3, 0.4) is 0 Å². The average Bonchev–Trinajstić information content (AvgIpc) is 2.70.